The third-order valence-electron chi connectivity index (χ3n) is 5.86. The van der Waals surface area contributed by atoms with Crippen LogP contribution in [-0.4, -0.2) is 69.7 Å². The number of ether oxygens (including phenoxy) is 2. The van der Waals surface area contributed by atoms with Crippen LogP contribution in [0.15, 0.2) is 0 Å². The minimum absolute atomic E-state index is 0.0203. The maximum atomic E-state index is 13.2. The Morgan fingerprint density at radius 1 is 1.10 bits per heavy atom. The Hall–Kier alpha value is -0.920. The van der Waals surface area contributed by atoms with E-state index in [9.17, 15) is 32.2 Å². The van der Waals surface area contributed by atoms with E-state index in [4.69, 9.17) is 14.4 Å². The lowest BCUT2D eigenvalue weighted by Crippen LogP contribution is -2.51. The van der Waals surface area contributed by atoms with Crippen molar-refractivity contribution in [3.8, 4) is 0 Å². The van der Waals surface area contributed by atoms with Crippen LogP contribution in [0.1, 0.15) is 40.5 Å². The molecule has 4 N–H and O–H groups in total. The van der Waals surface area contributed by atoms with E-state index >= 15 is 0 Å². The van der Waals surface area contributed by atoms with Crippen molar-refractivity contribution in [1.29, 1.82) is 0 Å². The van der Waals surface area contributed by atoms with Crippen LogP contribution in [0.25, 0.3) is 0 Å². The molecule has 29 heavy (non-hydrogen) atoms. The highest BCUT2D eigenvalue weighted by molar-refractivity contribution is 7.86. The summed E-state index contributed by atoms with van der Waals surface area (Å²) in [7, 11) is -5.98. The first-order valence-corrected chi connectivity index (χ1v) is 10.6. The Balaban J connectivity index is 2.00. The lowest BCUT2D eigenvalue weighted by molar-refractivity contribution is -0.211. The normalized spacial score (nSPS) is 31.7. The van der Waals surface area contributed by atoms with Crippen molar-refractivity contribution in [2.75, 3.05) is 6.61 Å². The molecule has 0 spiro atoms. The van der Waals surface area contributed by atoms with Crippen LogP contribution in [0.3, 0.4) is 0 Å². The van der Waals surface area contributed by atoms with Crippen LogP contribution < -0.4 is 0 Å². The van der Waals surface area contributed by atoms with E-state index in [1.807, 2.05) is 0 Å². The van der Waals surface area contributed by atoms with Gasteiger partial charge in [-0.1, -0.05) is 0 Å². The summed E-state index contributed by atoms with van der Waals surface area (Å²) in [4.78, 5) is 11.7. The molecule has 12 heteroatoms. The van der Waals surface area contributed by atoms with Gasteiger partial charge in [0.2, 0.25) is 0 Å². The van der Waals surface area contributed by atoms with Crippen LogP contribution in [0.4, 0.5) is 8.78 Å². The van der Waals surface area contributed by atoms with Gasteiger partial charge in [-0.25, -0.2) is 4.79 Å². The molecular formula is C17H28F2O9S. The number of halogens is 2. The second kappa shape index (κ2) is 7.65. The van der Waals surface area contributed by atoms with Gasteiger partial charge < -0.3 is 24.8 Å². The second-order valence-electron chi connectivity index (χ2n) is 8.98. The summed E-state index contributed by atoms with van der Waals surface area (Å²) in [6.45, 7) is 5.74. The molecule has 0 aromatic rings. The summed E-state index contributed by atoms with van der Waals surface area (Å²) in [5.41, 5.74) is -2.18. The van der Waals surface area contributed by atoms with Gasteiger partial charge in [0.25, 0.3) is 6.29 Å². The summed E-state index contributed by atoms with van der Waals surface area (Å²) >= 11 is 0. The molecule has 6 unspecified atom stereocenters. The zero-order valence-corrected chi connectivity index (χ0v) is 17.4. The molecule has 0 amide bonds. The molecule has 0 saturated heterocycles. The predicted octanol–water partition coefficient (Wildman–Crippen LogP) is 0.528. The van der Waals surface area contributed by atoms with Crippen LogP contribution in [0.2, 0.25) is 0 Å². The summed E-state index contributed by atoms with van der Waals surface area (Å²) in [6.07, 6.45) is -2.78. The standard InChI is InChI=1S/C17H28F2O9S/c1-15(2,22)12-8-5-9(13(12)16(3,4)23)10(6-8)27-7-11(20)28-14(21)17(18,19)29(24,25)26/h8-10,12-14,21-23H,5-7H2,1-4H3,(H,24,25,26). The minimum atomic E-state index is -5.98. The first kappa shape index (κ1) is 24.4. The topological polar surface area (TPSA) is 151 Å². The number of hydrogen-bond donors (Lipinski definition) is 4. The van der Waals surface area contributed by atoms with Gasteiger partial charge in [0.15, 0.2) is 0 Å². The van der Waals surface area contributed by atoms with E-state index in [1.54, 1.807) is 27.7 Å². The van der Waals surface area contributed by atoms with E-state index in [2.05, 4.69) is 4.74 Å². The van der Waals surface area contributed by atoms with Crippen LogP contribution in [0, 0.1) is 23.7 Å². The smallest absolute Gasteiger partial charge is 0.426 e. The van der Waals surface area contributed by atoms with Crippen LogP contribution in [0.5, 0.6) is 0 Å². The van der Waals surface area contributed by atoms with Gasteiger partial charge in [-0.2, -0.15) is 17.2 Å². The molecule has 2 saturated carbocycles. The zero-order chi connectivity index (χ0) is 22.6. The molecule has 0 radical (unpaired) electrons. The van der Waals surface area contributed by atoms with E-state index in [1.165, 1.54) is 0 Å². The summed E-state index contributed by atoms with van der Waals surface area (Å²) in [5, 5.41) is 25.1. The van der Waals surface area contributed by atoms with Crippen molar-refractivity contribution in [2.45, 2.75) is 69.4 Å². The molecule has 2 bridgehead atoms. The molecule has 170 valence electrons. The Kier molecular flexibility index (Phi) is 6.42. The molecule has 0 aliphatic heterocycles. The van der Waals surface area contributed by atoms with Gasteiger partial charge in [0, 0.05) is 0 Å². The monoisotopic (exact) mass is 446 g/mol. The Morgan fingerprint density at radius 3 is 2.07 bits per heavy atom. The fourth-order valence-electron chi connectivity index (χ4n) is 5.00. The number of hydrogen-bond acceptors (Lipinski definition) is 8. The number of fused-ring (bicyclic) bond motifs is 2. The summed E-state index contributed by atoms with van der Waals surface area (Å²) < 4.78 is 65.4. The van der Waals surface area contributed by atoms with E-state index in [-0.39, 0.29) is 23.7 Å². The van der Waals surface area contributed by atoms with Crippen molar-refractivity contribution in [3.63, 3.8) is 0 Å². The maximum absolute atomic E-state index is 13.2. The average molecular weight is 446 g/mol. The van der Waals surface area contributed by atoms with E-state index < -0.39 is 51.5 Å². The Morgan fingerprint density at radius 2 is 1.62 bits per heavy atom. The summed E-state index contributed by atoms with van der Waals surface area (Å²) in [6, 6.07) is 0. The zero-order valence-electron chi connectivity index (χ0n) is 16.6. The van der Waals surface area contributed by atoms with Gasteiger partial charge >= 0.3 is 21.3 Å². The van der Waals surface area contributed by atoms with Gasteiger partial charge in [-0.05, 0) is 64.2 Å². The quantitative estimate of drug-likeness (QED) is 0.238. The van der Waals surface area contributed by atoms with Gasteiger partial charge in [0.05, 0.1) is 17.3 Å². The molecule has 2 rings (SSSR count). The lowest BCUT2D eigenvalue weighted by Gasteiger charge is -2.46. The van der Waals surface area contributed by atoms with Crippen molar-refractivity contribution in [1.82, 2.24) is 0 Å². The molecule has 2 fully saturated rings. The van der Waals surface area contributed by atoms with Gasteiger partial charge in [-0.3, -0.25) is 4.55 Å². The Labute approximate surface area is 167 Å². The fourth-order valence-corrected chi connectivity index (χ4v) is 5.31. The highest BCUT2D eigenvalue weighted by Crippen LogP contribution is 2.59. The number of rotatable bonds is 8. The molecule has 2 aliphatic carbocycles. The van der Waals surface area contributed by atoms with Gasteiger partial charge in [-0.15, -0.1) is 0 Å². The largest absolute Gasteiger partial charge is 0.430 e. The first-order valence-electron chi connectivity index (χ1n) is 9.16. The number of esters is 1. The number of carbonyl (C=O) groups excluding carboxylic acids is 1. The van der Waals surface area contributed by atoms with Crippen molar-refractivity contribution >= 4 is 16.1 Å². The summed E-state index contributed by atoms with van der Waals surface area (Å²) in [5.74, 6) is -2.16. The molecule has 6 atom stereocenters. The predicted molar refractivity (Wildman–Crippen MR) is 94.1 cm³/mol. The van der Waals surface area contributed by atoms with E-state index in [0.29, 0.717) is 12.8 Å². The molecular weight excluding hydrogens is 418 g/mol. The highest BCUT2D eigenvalue weighted by atomic mass is 32.2. The molecule has 0 heterocycles. The average Bonchev–Trinajstić information content (AvgIpc) is 3.08. The Bertz CT molecular complexity index is 726. The van der Waals surface area contributed by atoms with Crippen molar-refractivity contribution in [2.24, 2.45) is 23.7 Å². The highest BCUT2D eigenvalue weighted by Gasteiger charge is 2.61. The third-order valence-corrected chi connectivity index (χ3v) is 6.75. The van der Waals surface area contributed by atoms with Crippen molar-refractivity contribution in [3.05, 3.63) is 0 Å². The molecule has 0 aromatic heterocycles. The molecule has 2 aliphatic rings. The molecule has 9 nitrogen and oxygen atoms in total. The fraction of sp³-hybridized carbons (Fsp3) is 0.941. The minimum Gasteiger partial charge on any atom is -0.426 e. The number of alkyl halides is 2. The number of aliphatic hydroxyl groups is 3. The van der Waals surface area contributed by atoms with Crippen molar-refractivity contribution < 1.29 is 51.3 Å². The SMILES string of the molecule is CC(C)(O)C1C2CC(OCC(=O)OC(O)C(F)(F)S(=O)(=O)O)C(C2)C1C(C)(C)O. The second-order valence-corrected chi connectivity index (χ2v) is 10.5. The number of aliphatic hydroxyl groups excluding tert-OH is 1. The lowest BCUT2D eigenvalue weighted by atomic mass is 9.65. The third kappa shape index (κ3) is 4.88. The van der Waals surface area contributed by atoms with Crippen LogP contribution >= 0.6 is 0 Å². The van der Waals surface area contributed by atoms with E-state index in [0.717, 1.165) is 0 Å². The van der Waals surface area contributed by atoms with Crippen LogP contribution in [-0.2, 0) is 24.4 Å². The number of carbonyl (C=O) groups is 1. The van der Waals surface area contributed by atoms with Gasteiger partial charge in [0.1, 0.15) is 6.61 Å². The first-order chi connectivity index (χ1) is 12.9. The molecule has 0 aromatic carbocycles. The maximum Gasteiger partial charge on any atom is 0.430 e.